The predicted octanol–water partition coefficient (Wildman–Crippen LogP) is 5.00. The molecule has 1 heteroatoms. The Morgan fingerprint density at radius 3 is 2.07 bits per heavy atom. The maximum Gasteiger partial charge on any atom is 0.0388 e. The standard InChI is InChI=1S/C14H29N/c1-4-7-9-11-13-15-14(6-3)12-10-8-5-2/h4-13H2,1-3H3. The summed E-state index contributed by atoms with van der Waals surface area (Å²) in [6.07, 6.45) is 11.7. The zero-order chi connectivity index (χ0) is 11.4. The molecule has 0 aliphatic heterocycles. The minimum Gasteiger partial charge on any atom is -0.294 e. The van der Waals surface area contributed by atoms with Gasteiger partial charge in [-0.05, 0) is 25.7 Å². The Kier molecular flexibility index (Phi) is 11.5. The van der Waals surface area contributed by atoms with Crippen molar-refractivity contribution in [1.29, 1.82) is 0 Å². The van der Waals surface area contributed by atoms with E-state index in [9.17, 15) is 0 Å². The van der Waals surface area contributed by atoms with Crippen molar-refractivity contribution in [1.82, 2.24) is 0 Å². The van der Waals surface area contributed by atoms with Crippen molar-refractivity contribution in [3.8, 4) is 0 Å². The maximum absolute atomic E-state index is 4.70. The molecule has 0 bridgehead atoms. The van der Waals surface area contributed by atoms with Crippen LogP contribution in [0.2, 0.25) is 0 Å². The molecule has 0 radical (unpaired) electrons. The fourth-order valence-corrected chi connectivity index (χ4v) is 1.72. The molecule has 1 nitrogen and oxygen atoms in total. The average Bonchev–Trinajstić information content (AvgIpc) is 2.26. The fourth-order valence-electron chi connectivity index (χ4n) is 1.72. The summed E-state index contributed by atoms with van der Waals surface area (Å²) in [6.45, 7) is 7.81. The van der Waals surface area contributed by atoms with Crippen molar-refractivity contribution in [2.24, 2.45) is 4.99 Å². The van der Waals surface area contributed by atoms with E-state index in [1.807, 2.05) is 0 Å². The monoisotopic (exact) mass is 211 g/mol. The van der Waals surface area contributed by atoms with Crippen molar-refractivity contribution >= 4 is 5.71 Å². The first kappa shape index (κ1) is 14.7. The summed E-state index contributed by atoms with van der Waals surface area (Å²) < 4.78 is 0. The van der Waals surface area contributed by atoms with E-state index in [-0.39, 0.29) is 0 Å². The maximum atomic E-state index is 4.70. The summed E-state index contributed by atoms with van der Waals surface area (Å²) in [5.74, 6) is 0. The first-order chi connectivity index (χ1) is 7.35. The smallest absolute Gasteiger partial charge is 0.0388 e. The van der Waals surface area contributed by atoms with Crippen LogP contribution in [-0.4, -0.2) is 12.3 Å². The summed E-state index contributed by atoms with van der Waals surface area (Å²) in [5, 5.41) is 0. The van der Waals surface area contributed by atoms with Gasteiger partial charge in [-0.1, -0.05) is 52.9 Å². The third kappa shape index (κ3) is 9.96. The summed E-state index contributed by atoms with van der Waals surface area (Å²) in [7, 11) is 0. The third-order valence-electron chi connectivity index (χ3n) is 2.82. The van der Waals surface area contributed by atoms with Crippen molar-refractivity contribution in [3.05, 3.63) is 0 Å². The Morgan fingerprint density at radius 1 is 0.800 bits per heavy atom. The second-order valence-electron chi connectivity index (χ2n) is 4.32. The Labute approximate surface area is 96.4 Å². The van der Waals surface area contributed by atoms with Gasteiger partial charge >= 0.3 is 0 Å². The van der Waals surface area contributed by atoms with Gasteiger partial charge in [-0.15, -0.1) is 0 Å². The molecule has 90 valence electrons. The normalized spacial score (nSPS) is 12.1. The number of unbranched alkanes of at least 4 members (excludes halogenated alkanes) is 5. The van der Waals surface area contributed by atoms with Crippen LogP contribution in [0.5, 0.6) is 0 Å². The van der Waals surface area contributed by atoms with Gasteiger partial charge in [-0.3, -0.25) is 4.99 Å². The molecule has 15 heavy (non-hydrogen) atoms. The van der Waals surface area contributed by atoms with E-state index in [0.717, 1.165) is 13.0 Å². The minimum absolute atomic E-state index is 1.06. The van der Waals surface area contributed by atoms with Crippen LogP contribution >= 0.6 is 0 Å². The van der Waals surface area contributed by atoms with E-state index in [1.54, 1.807) is 0 Å². The van der Waals surface area contributed by atoms with Crippen LogP contribution in [0.3, 0.4) is 0 Å². The fraction of sp³-hybridized carbons (Fsp3) is 0.929. The van der Waals surface area contributed by atoms with Gasteiger partial charge in [0.05, 0.1) is 0 Å². The van der Waals surface area contributed by atoms with Gasteiger partial charge in [0, 0.05) is 12.3 Å². The third-order valence-corrected chi connectivity index (χ3v) is 2.82. The molecule has 0 fully saturated rings. The molecule has 0 rings (SSSR count). The lowest BCUT2D eigenvalue weighted by molar-refractivity contribution is 0.672. The highest BCUT2D eigenvalue weighted by atomic mass is 14.7. The van der Waals surface area contributed by atoms with Crippen LogP contribution in [0.15, 0.2) is 4.99 Å². The van der Waals surface area contributed by atoms with Crippen molar-refractivity contribution in [2.75, 3.05) is 6.54 Å². The van der Waals surface area contributed by atoms with Crippen LogP contribution in [0.1, 0.15) is 78.6 Å². The van der Waals surface area contributed by atoms with Gasteiger partial charge < -0.3 is 0 Å². The predicted molar refractivity (Wildman–Crippen MR) is 70.9 cm³/mol. The van der Waals surface area contributed by atoms with Gasteiger partial charge in [0.2, 0.25) is 0 Å². The number of rotatable bonds is 10. The number of nitrogens with zero attached hydrogens (tertiary/aromatic N) is 1. The molecule has 0 saturated carbocycles. The summed E-state index contributed by atoms with van der Waals surface area (Å²) in [6, 6.07) is 0. The number of hydrogen-bond donors (Lipinski definition) is 0. The molecule has 0 N–H and O–H groups in total. The lowest BCUT2D eigenvalue weighted by Gasteiger charge is -2.03. The molecule has 0 aliphatic carbocycles. The lowest BCUT2D eigenvalue weighted by Crippen LogP contribution is -1.98. The van der Waals surface area contributed by atoms with Crippen molar-refractivity contribution < 1.29 is 0 Å². The molecule has 0 atom stereocenters. The Balaban J connectivity index is 3.50. The Hall–Kier alpha value is -0.330. The number of hydrogen-bond acceptors (Lipinski definition) is 1. The second-order valence-corrected chi connectivity index (χ2v) is 4.32. The molecule has 0 heterocycles. The molecule has 0 aromatic heterocycles. The number of aliphatic imine (C=N–C) groups is 1. The highest BCUT2D eigenvalue weighted by molar-refractivity contribution is 5.84. The van der Waals surface area contributed by atoms with Crippen LogP contribution in [0.25, 0.3) is 0 Å². The largest absolute Gasteiger partial charge is 0.294 e. The van der Waals surface area contributed by atoms with Gasteiger partial charge in [-0.25, -0.2) is 0 Å². The van der Waals surface area contributed by atoms with Crippen LogP contribution in [-0.2, 0) is 0 Å². The van der Waals surface area contributed by atoms with E-state index in [1.165, 1.54) is 57.1 Å². The average molecular weight is 211 g/mol. The van der Waals surface area contributed by atoms with E-state index in [2.05, 4.69) is 20.8 Å². The SMILES string of the molecule is CCCCCCN=C(CC)CCCCC. The van der Waals surface area contributed by atoms with Crippen LogP contribution < -0.4 is 0 Å². The molecule has 0 spiro atoms. The van der Waals surface area contributed by atoms with E-state index >= 15 is 0 Å². The summed E-state index contributed by atoms with van der Waals surface area (Å²) >= 11 is 0. The second kappa shape index (κ2) is 11.7. The quantitative estimate of drug-likeness (QED) is 0.356. The van der Waals surface area contributed by atoms with Crippen LogP contribution in [0, 0.1) is 0 Å². The molecule has 0 amide bonds. The van der Waals surface area contributed by atoms with Gasteiger partial charge in [0.15, 0.2) is 0 Å². The van der Waals surface area contributed by atoms with Gasteiger partial charge in [-0.2, -0.15) is 0 Å². The summed E-state index contributed by atoms with van der Waals surface area (Å²) in [5.41, 5.74) is 1.44. The molecule has 0 saturated heterocycles. The van der Waals surface area contributed by atoms with Crippen molar-refractivity contribution in [2.45, 2.75) is 78.6 Å². The molecule has 0 aliphatic rings. The zero-order valence-electron chi connectivity index (χ0n) is 11.0. The van der Waals surface area contributed by atoms with Crippen molar-refractivity contribution in [3.63, 3.8) is 0 Å². The van der Waals surface area contributed by atoms with E-state index in [0.29, 0.717) is 0 Å². The highest BCUT2D eigenvalue weighted by Gasteiger charge is 1.95. The Bertz CT molecular complexity index is 149. The summed E-state index contributed by atoms with van der Waals surface area (Å²) in [4.78, 5) is 4.70. The highest BCUT2D eigenvalue weighted by Crippen LogP contribution is 2.05. The first-order valence-corrected chi connectivity index (χ1v) is 6.87. The Morgan fingerprint density at radius 2 is 1.47 bits per heavy atom. The zero-order valence-corrected chi connectivity index (χ0v) is 11.0. The lowest BCUT2D eigenvalue weighted by atomic mass is 10.1. The topological polar surface area (TPSA) is 12.4 Å². The first-order valence-electron chi connectivity index (χ1n) is 6.87. The van der Waals surface area contributed by atoms with Crippen LogP contribution in [0.4, 0.5) is 0 Å². The van der Waals surface area contributed by atoms with Gasteiger partial charge in [0.1, 0.15) is 0 Å². The molecule has 0 aromatic rings. The molecular weight excluding hydrogens is 182 g/mol. The van der Waals surface area contributed by atoms with E-state index in [4.69, 9.17) is 4.99 Å². The van der Waals surface area contributed by atoms with Gasteiger partial charge in [0.25, 0.3) is 0 Å². The minimum atomic E-state index is 1.06. The van der Waals surface area contributed by atoms with E-state index < -0.39 is 0 Å². The molecular formula is C14H29N. The molecule has 0 unspecified atom stereocenters. The molecule has 0 aromatic carbocycles.